The van der Waals surface area contributed by atoms with E-state index in [1.165, 1.54) is 17.5 Å². The van der Waals surface area contributed by atoms with E-state index in [2.05, 4.69) is 6.07 Å². The lowest BCUT2D eigenvalue weighted by Crippen LogP contribution is -1.99. The first-order valence-electron chi connectivity index (χ1n) is 3.44. The van der Waals surface area contributed by atoms with Crippen LogP contribution in [0.5, 0.6) is 0 Å². The standard InChI is InChI=1S/C8H12N2S/c1-6-2-3-8(11-10)7(4-6)5-9/h2-4H,5,9-10H2,1H3. The average molecular weight is 168 g/mol. The van der Waals surface area contributed by atoms with Gasteiger partial charge in [-0.05, 0) is 30.5 Å². The van der Waals surface area contributed by atoms with E-state index in [9.17, 15) is 0 Å². The Morgan fingerprint density at radius 2 is 2.18 bits per heavy atom. The fourth-order valence-corrected chi connectivity index (χ4v) is 1.42. The summed E-state index contributed by atoms with van der Waals surface area (Å²) < 4.78 is 0. The predicted octanol–water partition coefficient (Wildman–Crippen LogP) is 1.42. The van der Waals surface area contributed by atoms with Crippen LogP contribution in [-0.2, 0) is 6.54 Å². The molecule has 0 aromatic heterocycles. The van der Waals surface area contributed by atoms with Crippen molar-refractivity contribution in [2.45, 2.75) is 18.4 Å². The highest BCUT2D eigenvalue weighted by molar-refractivity contribution is 7.97. The van der Waals surface area contributed by atoms with Crippen LogP contribution in [0.15, 0.2) is 23.1 Å². The summed E-state index contributed by atoms with van der Waals surface area (Å²) in [4.78, 5) is 1.07. The maximum absolute atomic E-state index is 5.53. The molecule has 3 heteroatoms. The van der Waals surface area contributed by atoms with Gasteiger partial charge in [-0.2, -0.15) is 0 Å². The Hall–Kier alpha value is -0.510. The Balaban J connectivity index is 3.06. The third-order valence-corrected chi connectivity index (χ3v) is 2.22. The smallest absolute Gasteiger partial charge is 0.0270 e. The zero-order valence-electron chi connectivity index (χ0n) is 6.50. The molecule has 0 aliphatic carbocycles. The Kier molecular flexibility index (Phi) is 2.93. The van der Waals surface area contributed by atoms with E-state index in [-0.39, 0.29) is 0 Å². The van der Waals surface area contributed by atoms with Gasteiger partial charge in [0.25, 0.3) is 0 Å². The van der Waals surface area contributed by atoms with E-state index in [4.69, 9.17) is 10.9 Å². The summed E-state index contributed by atoms with van der Waals surface area (Å²) in [6, 6.07) is 6.10. The third-order valence-electron chi connectivity index (χ3n) is 1.56. The molecule has 1 aromatic carbocycles. The third kappa shape index (κ3) is 1.96. The second-order valence-corrected chi connectivity index (χ2v) is 3.11. The van der Waals surface area contributed by atoms with Gasteiger partial charge >= 0.3 is 0 Å². The molecule has 0 aliphatic rings. The van der Waals surface area contributed by atoms with Crippen molar-refractivity contribution in [2.24, 2.45) is 10.9 Å². The molecule has 1 rings (SSSR count). The summed E-state index contributed by atoms with van der Waals surface area (Å²) in [6.07, 6.45) is 0. The van der Waals surface area contributed by atoms with Crippen LogP contribution in [0.4, 0.5) is 0 Å². The summed E-state index contributed by atoms with van der Waals surface area (Å²) in [7, 11) is 0. The number of benzene rings is 1. The number of nitrogens with two attached hydrogens (primary N) is 2. The van der Waals surface area contributed by atoms with Crippen molar-refractivity contribution in [3.05, 3.63) is 29.3 Å². The molecule has 2 nitrogen and oxygen atoms in total. The predicted molar refractivity (Wildman–Crippen MR) is 49.1 cm³/mol. The zero-order chi connectivity index (χ0) is 8.27. The first kappa shape index (κ1) is 8.59. The molecule has 0 radical (unpaired) electrons. The summed E-state index contributed by atoms with van der Waals surface area (Å²) >= 11 is 1.25. The highest BCUT2D eigenvalue weighted by Crippen LogP contribution is 2.18. The summed E-state index contributed by atoms with van der Waals surface area (Å²) in [5.41, 5.74) is 7.87. The van der Waals surface area contributed by atoms with E-state index < -0.39 is 0 Å². The number of rotatable bonds is 2. The van der Waals surface area contributed by atoms with E-state index in [0.717, 1.165) is 10.5 Å². The Bertz CT molecular complexity index is 248. The number of hydrogen-bond acceptors (Lipinski definition) is 3. The van der Waals surface area contributed by atoms with Gasteiger partial charge in [-0.25, -0.2) is 0 Å². The van der Waals surface area contributed by atoms with Crippen molar-refractivity contribution in [1.29, 1.82) is 0 Å². The topological polar surface area (TPSA) is 52.0 Å². The van der Waals surface area contributed by atoms with Gasteiger partial charge in [0.15, 0.2) is 0 Å². The van der Waals surface area contributed by atoms with E-state index in [1.807, 2.05) is 19.1 Å². The first-order chi connectivity index (χ1) is 5.27. The summed E-state index contributed by atoms with van der Waals surface area (Å²) in [5.74, 6) is 0. The van der Waals surface area contributed by atoms with Gasteiger partial charge < -0.3 is 5.73 Å². The molecule has 0 aliphatic heterocycles. The fourth-order valence-electron chi connectivity index (χ4n) is 0.983. The first-order valence-corrected chi connectivity index (χ1v) is 4.32. The van der Waals surface area contributed by atoms with Gasteiger partial charge in [0.1, 0.15) is 0 Å². The van der Waals surface area contributed by atoms with Gasteiger partial charge in [0, 0.05) is 11.4 Å². The molecule has 0 bridgehead atoms. The van der Waals surface area contributed by atoms with Crippen LogP contribution in [0.25, 0.3) is 0 Å². The SMILES string of the molecule is Cc1ccc(SN)c(CN)c1. The lowest BCUT2D eigenvalue weighted by molar-refractivity contribution is 1.02. The number of aryl methyl sites for hydroxylation is 1. The van der Waals surface area contributed by atoms with Gasteiger partial charge in [-0.1, -0.05) is 17.7 Å². The second-order valence-electron chi connectivity index (χ2n) is 2.43. The molecule has 11 heavy (non-hydrogen) atoms. The van der Waals surface area contributed by atoms with Crippen molar-refractivity contribution in [3.8, 4) is 0 Å². The van der Waals surface area contributed by atoms with Gasteiger partial charge in [-0.3, -0.25) is 5.14 Å². The van der Waals surface area contributed by atoms with E-state index in [1.54, 1.807) is 0 Å². The van der Waals surface area contributed by atoms with Crippen molar-refractivity contribution in [3.63, 3.8) is 0 Å². The average Bonchev–Trinajstić information content (AvgIpc) is 2.04. The van der Waals surface area contributed by atoms with Crippen LogP contribution in [0.1, 0.15) is 11.1 Å². The Morgan fingerprint density at radius 3 is 2.73 bits per heavy atom. The van der Waals surface area contributed by atoms with Crippen molar-refractivity contribution in [2.75, 3.05) is 0 Å². The Morgan fingerprint density at radius 1 is 1.45 bits per heavy atom. The fraction of sp³-hybridized carbons (Fsp3) is 0.250. The second kappa shape index (κ2) is 3.76. The molecule has 4 N–H and O–H groups in total. The molecule has 0 spiro atoms. The van der Waals surface area contributed by atoms with Crippen LogP contribution >= 0.6 is 11.9 Å². The van der Waals surface area contributed by atoms with Gasteiger partial charge in [-0.15, -0.1) is 0 Å². The number of hydrogen-bond donors (Lipinski definition) is 2. The minimum Gasteiger partial charge on any atom is -0.326 e. The molecule has 1 aromatic rings. The zero-order valence-corrected chi connectivity index (χ0v) is 7.32. The van der Waals surface area contributed by atoms with Gasteiger partial charge in [0.05, 0.1) is 0 Å². The highest BCUT2D eigenvalue weighted by Gasteiger charge is 1.98. The molecular weight excluding hydrogens is 156 g/mol. The van der Waals surface area contributed by atoms with Crippen molar-refractivity contribution < 1.29 is 0 Å². The molecule has 60 valence electrons. The molecule has 0 fully saturated rings. The van der Waals surface area contributed by atoms with Gasteiger partial charge in [0.2, 0.25) is 0 Å². The minimum absolute atomic E-state index is 0.557. The van der Waals surface area contributed by atoms with Crippen molar-refractivity contribution in [1.82, 2.24) is 0 Å². The van der Waals surface area contributed by atoms with Crippen LogP contribution in [-0.4, -0.2) is 0 Å². The molecule has 0 saturated carbocycles. The van der Waals surface area contributed by atoms with Crippen LogP contribution < -0.4 is 10.9 Å². The quantitative estimate of drug-likeness (QED) is 0.657. The molecule has 0 amide bonds. The molecule has 0 unspecified atom stereocenters. The monoisotopic (exact) mass is 168 g/mol. The molecule has 0 atom stereocenters. The summed E-state index contributed by atoms with van der Waals surface area (Å²) in [6.45, 7) is 2.60. The largest absolute Gasteiger partial charge is 0.326 e. The maximum atomic E-state index is 5.53. The van der Waals surface area contributed by atoms with Crippen molar-refractivity contribution >= 4 is 11.9 Å². The molecular formula is C8H12N2S. The highest BCUT2D eigenvalue weighted by atomic mass is 32.2. The molecule has 0 heterocycles. The van der Waals surface area contributed by atoms with Crippen LogP contribution in [0.2, 0.25) is 0 Å². The lowest BCUT2D eigenvalue weighted by Gasteiger charge is -2.04. The molecule has 0 saturated heterocycles. The van der Waals surface area contributed by atoms with Crippen LogP contribution in [0, 0.1) is 6.92 Å². The normalized spacial score (nSPS) is 10.1. The minimum atomic E-state index is 0.557. The Labute approximate surface area is 71.1 Å². The maximum Gasteiger partial charge on any atom is 0.0270 e. The van der Waals surface area contributed by atoms with Crippen LogP contribution in [0.3, 0.4) is 0 Å². The van der Waals surface area contributed by atoms with E-state index in [0.29, 0.717) is 6.54 Å². The van der Waals surface area contributed by atoms with E-state index >= 15 is 0 Å². The summed E-state index contributed by atoms with van der Waals surface area (Å²) in [5, 5.41) is 5.44. The lowest BCUT2D eigenvalue weighted by atomic mass is 10.1.